The van der Waals surface area contributed by atoms with Crippen LogP contribution in [0.5, 0.6) is 0 Å². The zero-order valence-corrected chi connectivity index (χ0v) is 10.4. The minimum atomic E-state index is -0.599. The van der Waals surface area contributed by atoms with Crippen molar-refractivity contribution in [2.75, 3.05) is 6.61 Å². The molecule has 1 aliphatic rings. The van der Waals surface area contributed by atoms with E-state index in [9.17, 15) is 9.59 Å². The molecule has 4 nitrogen and oxygen atoms in total. The van der Waals surface area contributed by atoms with Crippen molar-refractivity contribution in [2.45, 2.75) is 45.3 Å². The fourth-order valence-electron chi connectivity index (χ4n) is 1.73. The van der Waals surface area contributed by atoms with Crippen LogP contribution in [-0.4, -0.2) is 29.9 Å². The quantitative estimate of drug-likeness (QED) is 0.749. The summed E-state index contributed by atoms with van der Waals surface area (Å²) in [4.78, 5) is 22.8. The van der Waals surface area contributed by atoms with Crippen molar-refractivity contribution in [2.24, 2.45) is 5.92 Å². The SMILES string of the molecule is CC(C)CC(NC(=O)C1CCCO1)C(=O)Cl. The molecule has 1 N–H and O–H groups in total. The Morgan fingerprint density at radius 3 is 2.62 bits per heavy atom. The minimum absolute atomic E-state index is 0.225. The molecule has 1 heterocycles. The molecule has 0 aromatic carbocycles. The van der Waals surface area contributed by atoms with Crippen LogP contribution < -0.4 is 5.32 Å². The summed E-state index contributed by atoms with van der Waals surface area (Å²) >= 11 is 5.44. The molecule has 0 aromatic rings. The number of halogens is 1. The monoisotopic (exact) mass is 247 g/mol. The molecule has 1 aliphatic heterocycles. The molecule has 0 aromatic heterocycles. The van der Waals surface area contributed by atoms with Gasteiger partial charge in [0.05, 0.1) is 0 Å². The average Bonchev–Trinajstić information content (AvgIpc) is 2.68. The molecule has 16 heavy (non-hydrogen) atoms. The number of ether oxygens (including phenoxy) is 1. The molecule has 5 heteroatoms. The third-order valence-electron chi connectivity index (χ3n) is 2.52. The summed E-state index contributed by atoms with van der Waals surface area (Å²) in [6.07, 6.45) is 1.75. The van der Waals surface area contributed by atoms with Gasteiger partial charge >= 0.3 is 0 Å². The molecule has 0 spiro atoms. The van der Waals surface area contributed by atoms with E-state index in [4.69, 9.17) is 16.3 Å². The third-order valence-corrected chi connectivity index (χ3v) is 2.78. The van der Waals surface area contributed by atoms with Crippen LogP contribution in [0.2, 0.25) is 0 Å². The van der Waals surface area contributed by atoms with E-state index in [1.54, 1.807) is 0 Å². The number of carbonyl (C=O) groups is 2. The number of nitrogens with one attached hydrogen (secondary N) is 1. The highest BCUT2D eigenvalue weighted by Gasteiger charge is 2.27. The first kappa shape index (κ1) is 13.5. The summed E-state index contributed by atoms with van der Waals surface area (Å²) in [5.41, 5.74) is 0. The van der Waals surface area contributed by atoms with E-state index in [1.807, 2.05) is 13.8 Å². The average molecular weight is 248 g/mol. The largest absolute Gasteiger partial charge is 0.368 e. The maximum Gasteiger partial charge on any atom is 0.249 e. The van der Waals surface area contributed by atoms with Crippen molar-refractivity contribution in [3.63, 3.8) is 0 Å². The molecule has 1 saturated heterocycles. The van der Waals surface area contributed by atoms with Gasteiger partial charge in [-0.3, -0.25) is 9.59 Å². The molecule has 0 saturated carbocycles. The topological polar surface area (TPSA) is 55.4 Å². The number of rotatable bonds is 5. The smallest absolute Gasteiger partial charge is 0.249 e. The number of hydrogen-bond acceptors (Lipinski definition) is 3. The van der Waals surface area contributed by atoms with Crippen molar-refractivity contribution < 1.29 is 14.3 Å². The van der Waals surface area contributed by atoms with Gasteiger partial charge in [0.1, 0.15) is 12.1 Å². The highest BCUT2D eigenvalue weighted by Crippen LogP contribution is 2.13. The standard InChI is InChI=1S/C11H18ClNO3/c1-7(2)6-8(10(12)14)13-11(15)9-4-3-5-16-9/h7-9H,3-6H2,1-2H3,(H,13,15). The number of hydrogen-bond donors (Lipinski definition) is 1. The molecule has 2 unspecified atom stereocenters. The van der Waals surface area contributed by atoms with Crippen molar-refractivity contribution >= 4 is 22.8 Å². The van der Waals surface area contributed by atoms with Crippen molar-refractivity contribution in [1.29, 1.82) is 0 Å². The van der Waals surface area contributed by atoms with Crippen molar-refractivity contribution in [3.05, 3.63) is 0 Å². The van der Waals surface area contributed by atoms with Crippen LogP contribution in [-0.2, 0) is 14.3 Å². The van der Waals surface area contributed by atoms with Gasteiger partial charge in [0, 0.05) is 6.61 Å². The van der Waals surface area contributed by atoms with E-state index < -0.39 is 17.4 Å². The Hall–Kier alpha value is -0.610. The van der Waals surface area contributed by atoms with Crippen LogP contribution in [0.3, 0.4) is 0 Å². The molecule has 0 aliphatic carbocycles. The highest BCUT2D eigenvalue weighted by molar-refractivity contribution is 6.64. The lowest BCUT2D eigenvalue weighted by Crippen LogP contribution is -2.44. The van der Waals surface area contributed by atoms with Crippen LogP contribution in [0, 0.1) is 5.92 Å². The Labute approximate surface area is 101 Å². The summed E-state index contributed by atoms with van der Waals surface area (Å²) in [7, 11) is 0. The second-order valence-corrected chi connectivity index (χ2v) is 4.87. The molecule has 92 valence electrons. The highest BCUT2D eigenvalue weighted by atomic mass is 35.5. The van der Waals surface area contributed by atoms with Gasteiger partial charge in [-0.2, -0.15) is 0 Å². The van der Waals surface area contributed by atoms with E-state index in [-0.39, 0.29) is 5.91 Å². The Kier molecular flexibility index (Phi) is 5.22. The van der Waals surface area contributed by atoms with Crippen LogP contribution in [0.25, 0.3) is 0 Å². The molecule has 1 amide bonds. The van der Waals surface area contributed by atoms with Gasteiger partial charge in [-0.1, -0.05) is 13.8 Å². The van der Waals surface area contributed by atoms with Crippen LogP contribution in [0.4, 0.5) is 0 Å². The molecular formula is C11H18ClNO3. The predicted octanol–water partition coefficient (Wildman–Crippen LogP) is 1.46. The summed E-state index contributed by atoms with van der Waals surface area (Å²) in [5, 5.41) is 2.13. The molecule has 0 radical (unpaired) electrons. The maximum absolute atomic E-state index is 11.7. The fourth-order valence-corrected chi connectivity index (χ4v) is 1.87. The van der Waals surface area contributed by atoms with Gasteiger partial charge < -0.3 is 10.1 Å². The maximum atomic E-state index is 11.7. The first-order valence-corrected chi connectivity index (χ1v) is 6.00. The predicted molar refractivity (Wildman–Crippen MR) is 61.2 cm³/mol. The van der Waals surface area contributed by atoms with E-state index in [0.717, 1.165) is 12.8 Å². The number of amides is 1. The second kappa shape index (κ2) is 6.21. The first-order chi connectivity index (χ1) is 7.50. The summed E-state index contributed by atoms with van der Waals surface area (Å²) in [6, 6.07) is -0.599. The first-order valence-electron chi connectivity index (χ1n) is 5.62. The lowest BCUT2D eigenvalue weighted by molar-refractivity contribution is -0.132. The molecule has 2 atom stereocenters. The van der Waals surface area contributed by atoms with E-state index in [1.165, 1.54) is 0 Å². The van der Waals surface area contributed by atoms with Crippen LogP contribution in [0.15, 0.2) is 0 Å². The van der Waals surface area contributed by atoms with Gasteiger partial charge in [-0.15, -0.1) is 0 Å². The van der Waals surface area contributed by atoms with Crippen molar-refractivity contribution in [1.82, 2.24) is 5.32 Å². The normalized spacial score (nSPS) is 22.1. The summed E-state index contributed by atoms with van der Waals surface area (Å²) in [6.45, 7) is 4.57. The minimum Gasteiger partial charge on any atom is -0.368 e. The van der Waals surface area contributed by atoms with Crippen LogP contribution in [0.1, 0.15) is 33.1 Å². The molecular weight excluding hydrogens is 230 g/mol. The van der Waals surface area contributed by atoms with Crippen molar-refractivity contribution in [3.8, 4) is 0 Å². The molecule has 1 rings (SSSR count). The van der Waals surface area contributed by atoms with Gasteiger partial charge in [0.15, 0.2) is 0 Å². The fraction of sp³-hybridized carbons (Fsp3) is 0.818. The van der Waals surface area contributed by atoms with E-state index in [2.05, 4.69) is 5.32 Å². The Bertz CT molecular complexity index is 262. The van der Waals surface area contributed by atoms with Gasteiger partial charge in [0.25, 0.3) is 0 Å². The summed E-state index contributed by atoms with van der Waals surface area (Å²) < 4.78 is 5.23. The van der Waals surface area contributed by atoms with Crippen LogP contribution >= 0.6 is 11.6 Å². The summed E-state index contributed by atoms with van der Waals surface area (Å²) in [5.74, 6) is 0.0784. The number of carbonyl (C=O) groups excluding carboxylic acids is 2. The lowest BCUT2D eigenvalue weighted by atomic mass is 10.0. The Morgan fingerprint density at radius 2 is 2.19 bits per heavy atom. The molecule has 0 bridgehead atoms. The van der Waals surface area contributed by atoms with Gasteiger partial charge in [-0.05, 0) is 36.8 Å². The Balaban J connectivity index is 2.47. The Morgan fingerprint density at radius 1 is 1.50 bits per heavy atom. The second-order valence-electron chi connectivity index (χ2n) is 4.50. The molecule has 1 fully saturated rings. The van der Waals surface area contributed by atoms with Gasteiger partial charge in [0.2, 0.25) is 11.1 Å². The lowest BCUT2D eigenvalue weighted by Gasteiger charge is -2.18. The van der Waals surface area contributed by atoms with E-state index >= 15 is 0 Å². The van der Waals surface area contributed by atoms with E-state index in [0.29, 0.717) is 18.9 Å². The zero-order valence-electron chi connectivity index (χ0n) is 9.66. The third kappa shape index (κ3) is 4.10. The van der Waals surface area contributed by atoms with Gasteiger partial charge in [-0.25, -0.2) is 0 Å². The zero-order chi connectivity index (χ0) is 12.1.